The van der Waals surface area contributed by atoms with Crippen LogP contribution < -0.4 is 21.6 Å². The standard InChI is InChI=1S/C34H37N7O12S2/c1-15(2)39-10-16(28(46)18-7-21(42)22(43)8-20(18)39)11-41(5-3-4-6-41)12-17-13-54-31-26(30(48)40(31)27(17)33(51)52)37-29(47)25(19-14-55-34(35)36-19)38-53-23(32(49)50)9-24(44)45/h7-8,10,14-15,23,26,31H,3-6,9,11-13H2,1-2H3,(H7-,35,36,37,38,42,43,44,45,46,47,49,50,51,52)/t23-,26+,31+/m0/s1. The van der Waals surface area contributed by atoms with E-state index in [1.165, 1.54) is 29.3 Å². The normalized spacial score (nSPS) is 19.9. The third kappa shape index (κ3) is 7.67. The second kappa shape index (κ2) is 15.2. The Hall–Kier alpha value is -5.67. The number of carbonyl (C=O) groups is 5. The number of likely N-dealkylation sites (tertiary alicyclic amines) is 1. The number of nitrogens with zero attached hydrogens (tertiary/aromatic N) is 5. The Morgan fingerprint density at radius 1 is 1.13 bits per heavy atom. The zero-order valence-electron chi connectivity index (χ0n) is 29.5. The van der Waals surface area contributed by atoms with Crippen LogP contribution in [0.5, 0.6) is 11.5 Å². The second-order valence-corrected chi connectivity index (χ2v) is 15.8. The lowest BCUT2D eigenvalue weighted by Gasteiger charge is -2.51. The first-order valence-corrected chi connectivity index (χ1v) is 19.0. The number of carboxylic acids is 3. The number of thioether (sulfide) groups is 1. The van der Waals surface area contributed by atoms with Gasteiger partial charge in [-0.1, -0.05) is 5.16 Å². The van der Waals surface area contributed by atoms with Crippen LogP contribution in [0.4, 0.5) is 5.13 Å². The van der Waals surface area contributed by atoms with Gasteiger partial charge in [0.05, 0.1) is 47.6 Å². The van der Waals surface area contributed by atoms with Crippen molar-refractivity contribution in [2.75, 3.05) is 31.1 Å². The third-order valence-corrected chi connectivity index (χ3v) is 11.7. The summed E-state index contributed by atoms with van der Waals surface area (Å²) in [5.74, 6) is -7.20. The quantitative estimate of drug-likeness (QED) is 0.0408. The lowest BCUT2D eigenvalue weighted by molar-refractivity contribution is -0.925. The van der Waals surface area contributed by atoms with Gasteiger partial charge in [0.25, 0.3) is 11.8 Å². The van der Waals surface area contributed by atoms with Crippen molar-refractivity contribution in [3.8, 4) is 11.5 Å². The average Bonchev–Trinajstić information content (AvgIpc) is 3.76. The highest BCUT2D eigenvalue weighted by atomic mass is 32.2. The molecule has 3 aliphatic heterocycles. The topological polar surface area (TPSA) is 287 Å². The SMILES string of the molecule is CC(C)n1cc(C[N+]2(CC3=C(C(=O)[O-])N4C(=O)[C@@H](NC(=O)/C(=N\O[C@@H](CC(=O)O)C(=O)O)c5csc(N)n5)[C@H]4SC3)CCCC2)c(=O)c2cc(O)c(O)cc21. The van der Waals surface area contributed by atoms with Crippen LogP contribution in [0.25, 0.3) is 10.9 Å². The Kier molecular flexibility index (Phi) is 10.8. The molecule has 3 aliphatic rings. The summed E-state index contributed by atoms with van der Waals surface area (Å²) in [5.41, 5.74) is 5.62. The number of nitrogens with one attached hydrogen (secondary N) is 1. The molecule has 21 heteroatoms. The number of hydrogen-bond donors (Lipinski definition) is 6. The number of nitrogens with two attached hydrogens (primary N) is 1. The van der Waals surface area contributed by atoms with E-state index in [0.717, 1.165) is 29.1 Å². The van der Waals surface area contributed by atoms with Crippen LogP contribution >= 0.6 is 23.1 Å². The van der Waals surface area contributed by atoms with Crippen molar-refractivity contribution in [3.63, 3.8) is 0 Å². The van der Waals surface area contributed by atoms with Gasteiger partial charge in [0.15, 0.2) is 27.8 Å². The van der Waals surface area contributed by atoms with E-state index in [1.54, 1.807) is 6.20 Å². The predicted molar refractivity (Wildman–Crippen MR) is 195 cm³/mol. The van der Waals surface area contributed by atoms with E-state index < -0.39 is 65.1 Å². The van der Waals surface area contributed by atoms with E-state index in [0.29, 0.717) is 34.2 Å². The summed E-state index contributed by atoms with van der Waals surface area (Å²) in [6.07, 6.45) is 0.413. The van der Waals surface area contributed by atoms with Gasteiger partial charge in [0.2, 0.25) is 6.10 Å². The third-order valence-electron chi connectivity index (χ3n) is 9.72. The van der Waals surface area contributed by atoms with Gasteiger partial charge < -0.3 is 55.3 Å². The molecule has 2 amide bonds. The average molecular weight is 800 g/mol. The molecule has 3 aromatic rings. The van der Waals surface area contributed by atoms with Gasteiger partial charge in [0.1, 0.15) is 30.2 Å². The van der Waals surface area contributed by atoms with Gasteiger partial charge in [-0.25, -0.2) is 9.78 Å². The molecule has 55 heavy (non-hydrogen) atoms. The molecule has 6 rings (SSSR count). The van der Waals surface area contributed by atoms with E-state index in [9.17, 15) is 49.2 Å². The van der Waals surface area contributed by atoms with Crippen LogP contribution in [0.1, 0.15) is 50.4 Å². The molecule has 2 aromatic heterocycles. The van der Waals surface area contributed by atoms with Gasteiger partial charge in [-0.15, -0.1) is 23.1 Å². The number of β-lactam (4-membered cyclic amide) rings is 1. The van der Waals surface area contributed by atoms with E-state index in [1.807, 2.05) is 18.4 Å². The lowest BCUT2D eigenvalue weighted by Crippen LogP contribution is -2.71. The van der Waals surface area contributed by atoms with Crippen molar-refractivity contribution in [3.05, 3.63) is 56.5 Å². The van der Waals surface area contributed by atoms with Crippen molar-refractivity contribution in [1.29, 1.82) is 0 Å². The minimum Gasteiger partial charge on any atom is -0.543 e. The summed E-state index contributed by atoms with van der Waals surface area (Å²) >= 11 is 2.13. The molecule has 7 N–H and O–H groups in total. The summed E-state index contributed by atoms with van der Waals surface area (Å²) in [7, 11) is 0. The molecule has 0 bridgehead atoms. The van der Waals surface area contributed by atoms with Gasteiger partial charge >= 0.3 is 11.9 Å². The number of thiazole rings is 1. The highest BCUT2D eigenvalue weighted by Gasteiger charge is 2.54. The number of carboxylic acid groups (broad SMARTS) is 3. The number of aliphatic carboxylic acids is 3. The first-order chi connectivity index (χ1) is 26.0. The van der Waals surface area contributed by atoms with E-state index in [2.05, 4.69) is 15.5 Å². The molecule has 292 valence electrons. The van der Waals surface area contributed by atoms with Crippen LogP contribution in [0.15, 0.2) is 44.9 Å². The summed E-state index contributed by atoms with van der Waals surface area (Å²) in [4.78, 5) is 86.1. The summed E-state index contributed by atoms with van der Waals surface area (Å²) in [5, 5.41) is 58.2. The van der Waals surface area contributed by atoms with Crippen LogP contribution in [-0.4, -0.2) is 118 Å². The Morgan fingerprint density at radius 3 is 2.42 bits per heavy atom. The molecule has 0 saturated carbocycles. The van der Waals surface area contributed by atoms with Crippen LogP contribution in [0.2, 0.25) is 0 Å². The number of anilines is 1. The van der Waals surface area contributed by atoms with Crippen LogP contribution in [0.3, 0.4) is 0 Å². The van der Waals surface area contributed by atoms with Crippen molar-refractivity contribution in [2.24, 2.45) is 5.16 Å². The number of aromatic hydroxyl groups is 2. The number of quaternary nitrogens is 1. The van der Waals surface area contributed by atoms with Gasteiger partial charge in [-0.2, -0.15) is 0 Å². The van der Waals surface area contributed by atoms with E-state index >= 15 is 0 Å². The first-order valence-electron chi connectivity index (χ1n) is 17.0. The molecular weight excluding hydrogens is 763 g/mol. The molecule has 19 nitrogen and oxygen atoms in total. The molecule has 1 aromatic carbocycles. The second-order valence-electron chi connectivity index (χ2n) is 13.8. The monoisotopic (exact) mass is 799 g/mol. The molecule has 2 fully saturated rings. The van der Waals surface area contributed by atoms with Crippen molar-refractivity contribution in [2.45, 2.75) is 63.2 Å². The highest BCUT2D eigenvalue weighted by Crippen LogP contribution is 2.42. The molecule has 3 atom stereocenters. The maximum atomic E-state index is 13.8. The largest absolute Gasteiger partial charge is 0.543 e. The molecule has 0 unspecified atom stereocenters. The summed E-state index contributed by atoms with van der Waals surface area (Å²) < 4.78 is 2.16. The fourth-order valence-electron chi connectivity index (χ4n) is 7.16. The first kappa shape index (κ1) is 39.0. The number of phenols is 2. The molecule has 0 aliphatic carbocycles. The maximum absolute atomic E-state index is 13.8. The highest BCUT2D eigenvalue weighted by molar-refractivity contribution is 8.00. The molecule has 0 radical (unpaired) electrons. The number of oxime groups is 1. The zero-order valence-corrected chi connectivity index (χ0v) is 31.1. The number of rotatable bonds is 14. The Morgan fingerprint density at radius 2 is 1.82 bits per heavy atom. The van der Waals surface area contributed by atoms with E-state index in [4.69, 9.17) is 15.7 Å². The maximum Gasteiger partial charge on any atom is 0.348 e. The minimum absolute atomic E-state index is 0.0186. The number of hydrogen-bond acceptors (Lipinski definition) is 15. The number of amides is 2. The number of aromatic nitrogens is 2. The van der Waals surface area contributed by atoms with Crippen LogP contribution in [-0.2, 0) is 35.4 Å². The predicted octanol–water partition coefficient (Wildman–Crippen LogP) is -0.104. The van der Waals surface area contributed by atoms with Crippen molar-refractivity contribution < 1.29 is 58.8 Å². The summed E-state index contributed by atoms with van der Waals surface area (Å²) in [6, 6.07) is 1.22. The fourth-order valence-corrected chi connectivity index (χ4v) is 9.05. The Labute approximate surface area is 319 Å². The smallest absolute Gasteiger partial charge is 0.348 e. The van der Waals surface area contributed by atoms with Crippen LogP contribution in [0, 0.1) is 0 Å². The number of nitrogen functional groups attached to an aromatic ring is 1. The summed E-state index contributed by atoms with van der Waals surface area (Å²) in [6.45, 7) is 5.48. The molecular formula is C34H37N7O12S2. The Balaban J connectivity index is 1.26. The van der Waals surface area contributed by atoms with Crippen molar-refractivity contribution in [1.82, 2.24) is 19.8 Å². The molecule has 0 spiro atoms. The lowest BCUT2D eigenvalue weighted by atomic mass is 10.0. The zero-order chi connectivity index (χ0) is 39.9. The van der Waals surface area contributed by atoms with Gasteiger partial charge in [-0.3, -0.25) is 24.1 Å². The fraction of sp³-hybridized carbons (Fsp3) is 0.412. The van der Waals surface area contributed by atoms with Gasteiger partial charge in [-0.05, 0) is 19.9 Å². The Bertz CT molecular complexity index is 2230. The molecule has 2 saturated heterocycles. The number of pyridine rings is 1. The number of carbonyl (C=O) groups excluding carboxylic acids is 3. The minimum atomic E-state index is -1.96. The number of fused-ring (bicyclic) bond motifs is 2. The number of phenolic OH excluding ortho intramolecular Hbond substituents is 2. The van der Waals surface area contributed by atoms with E-state index in [-0.39, 0.29) is 58.0 Å². The molecule has 5 heterocycles. The number of benzene rings is 1. The van der Waals surface area contributed by atoms with Gasteiger partial charge in [0, 0.05) is 47.9 Å². The van der Waals surface area contributed by atoms with Crippen molar-refractivity contribution >= 4 is 74.6 Å².